The molecular weight excluding hydrogens is 548 g/mol. The fourth-order valence-electron chi connectivity index (χ4n) is 3.93. The van der Waals surface area contributed by atoms with E-state index in [1.54, 1.807) is 54.6 Å². The second kappa shape index (κ2) is 12.9. The van der Waals surface area contributed by atoms with Crippen molar-refractivity contribution in [2.45, 2.75) is 20.4 Å². The average Bonchev–Trinajstić information content (AvgIpc) is 2.93. The fraction of sp³-hybridized carbons (Fsp3) is 0.194. The molecule has 0 aromatic heterocycles. The van der Waals surface area contributed by atoms with Gasteiger partial charge >= 0.3 is 0 Å². The van der Waals surface area contributed by atoms with Crippen molar-refractivity contribution >= 4 is 33.2 Å². The van der Waals surface area contributed by atoms with E-state index in [-0.39, 0.29) is 12.5 Å². The maximum atomic E-state index is 12.9. The number of carbonyl (C=O) groups excluding carboxylic acids is 1. The number of para-hydroxylation sites is 1. The van der Waals surface area contributed by atoms with Gasteiger partial charge < -0.3 is 14.8 Å². The van der Waals surface area contributed by atoms with Gasteiger partial charge in [-0.05, 0) is 85.1 Å². The molecule has 0 fully saturated rings. The van der Waals surface area contributed by atoms with Crippen LogP contribution in [0, 0.1) is 13.8 Å². The van der Waals surface area contributed by atoms with E-state index in [1.807, 2.05) is 50.2 Å². The van der Waals surface area contributed by atoms with Crippen molar-refractivity contribution < 1.29 is 22.7 Å². The molecule has 40 heavy (non-hydrogen) atoms. The minimum Gasteiger partial charge on any atom is -0.492 e. The SMILES string of the molecule is Cc1ccc(OCCNC(=O)c2ccc(CN(c3cc(Cl)ccc3Oc3ccccc3)S(C)(=O)=O)cc2)cc1C. The van der Waals surface area contributed by atoms with Crippen LogP contribution in [-0.2, 0) is 16.6 Å². The summed E-state index contributed by atoms with van der Waals surface area (Å²) in [6.45, 7) is 4.76. The number of sulfonamides is 1. The van der Waals surface area contributed by atoms with Crippen molar-refractivity contribution in [2.24, 2.45) is 0 Å². The number of aryl methyl sites for hydroxylation is 2. The van der Waals surface area contributed by atoms with Crippen LogP contribution in [0.15, 0.2) is 91.0 Å². The second-order valence-corrected chi connectivity index (χ2v) is 11.7. The molecule has 0 bridgehead atoms. The van der Waals surface area contributed by atoms with E-state index in [2.05, 4.69) is 5.32 Å². The first-order chi connectivity index (χ1) is 19.1. The van der Waals surface area contributed by atoms with Crippen molar-refractivity contribution in [3.05, 3.63) is 118 Å². The second-order valence-electron chi connectivity index (χ2n) is 9.34. The molecule has 0 aliphatic rings. The lowest BCUT2D eigenvalue weighted by Crippen LogP contribution is -2.30. The molecule has 0 atom stereocenters. The number of hydrogen-bond acceptors (Lipinski definition) is 5. The molecule has 4 aromatic carbocycles. The van der Waals surface area contributed by atoms with Crippen LogP contribution in [0.1, 0.15) is 27.0 Å². The van der Waals surface area contributed by atoms with E-state index in [0.29, 0.717) is 46.5 Å². The molecule has 0 aliphatic carbocycles. The first-order valence-corrected chi connectivity index (χ1v) is 14.9. The summed E-state index contributed by atoms with van der Waals surface area (Å²) in [4.78, 5) is 12.6. The number of anilines is 1. The number of ether oxygens (including phenoxy) is 2. The molecular formula is C31H31ClN2O5S. The molecule has 4 aromatic rings. The molecule has 0 saturated heterocycles. The highest BCUT2D eigenvalue weighted by Gasteiger charge is 2.23. The van der Waals surface area contributed by atoms with Gasteiger partial charge in [0.15, 0.2) is 5.75 Å². The summed E-state index contributed by atoms with van der Waals surface area (Å²) in [5.74, 6) is 1.42. The summed E-state index contributed by atoms with van der Waals surface area (Å²) in [5.41, 5.74) is 3.79. The standard InChI is InChI=1S/C31H31ClN2O5S/c1-22-9-15-28(19-23(22)2)38-18-17-33-31(35)25-12-10-24(11-13-25)21-34(40(3,36)37)29-20-26(32)14-16-30(29)39-27-7-5-4-6-8-27/h4-16,19-20H,17-18,21H2,1-3H3,(H,33,35). The van der Waals surface area contributed by atoms with E-state index >= 15 is 0 Å². The van der Waals surface area contributed by atoms with Gasteiger partial charge in [-0.2, -0.15) is 0 Å². The third kappa shape index (κ3) is 7.77. The summed E-state index contributed by atoms with van der Waals surface area (Å²) >= 11 is 6.24. The largest absolute Gasteiger partial charge is 0.492 e. The number of hydrogen-bond donors (Lipinski definition) is 1. The van der Waals surface area contributed by atoms with E-state index < -0.39 is 10.0 Å². The third-order valence-electron chi connectivity index (χ3n) is 6.24. The highest BCUT2D eigenvalue weighted by Crippen LogP contribution is 2.36. The summed E-state index contributed by atoms with van der Waals surface area (Å²) in [6, 6.07) is 26.6. The Morgan fingerprint density at radius 2 is 1.60 bits per heavy atom. The minimum atomic E-state index is -3.72. The monoisotopic (exact) mass is 578 g/mol. The van der Waals surface area contributed by atoms with Crippen molar-refractivity contribution in [2.75, 3.05) is 23.7 Å². The molecule has 0 radical (unpaired) electrons. The van der Waals surface area contributed by atoms with Crippen LogP contribution in [-0.4, -0.2) is 33.7 Å². The zero-order chi connectivity index (χ0) is 28.7. The molecule has 0 spiro atoms. The minimum absolute atomic E-state index is 0.0238. The van der Waals surface area contributed by atoms with Crippen LogP contribution in [0.2, 0.25) is 5.02 Å². The highest BCUT2D eigenvalue weighted by atomic mass is 35.5. The van der Waals surface area contributed by atoms with E-state index in [1.165, 1.54) is 9.87 Å². The van der Waals surface area contributed by atoms with Gasteiger partial charge in [0, 0.05) is 10.6 Å². The van der Waals surface area contributed by atoms with E-state index in [4.69, 9.17) is 21.1 Å². The van der Waals surface area contributed by atoms with Crippen molar-refractivity contribution in [1.82, 2.24) is 5.32 Å². The Morgan fingerprint density at radius 1 is 0.875 bits per heavy atom. The van der Waals surface area contributed by atoms with Gasteiger partial charge in [0.05, 0.1) is 25.0 Å². The predicted octanol–water partition coefficient (Wildman–Crippen LogP) is 6.52. The molecule has 0 saturated carbocycles. The number of halogens is 1. The third-order valence-corrected chi connectivity index (χ3v) is 7.60. The average molecular weight is 579 g/mol. The van der Waals surface area contributed by atoms with Crippen LogP contribution in [0.3, 0.4) is 0 Å². The zero-order valence-corrected chi connectivity index (χ0v) is 24.1. The maximum Gasteiger partial charge on any atom is 0.251 e. The van der Waals surface area contributed by atoms with Gasteiger partial charge in [0.25, 0.3) is 5.91 Å². The number of carbonyl (C=O) groups is 1. The molecule has 208 valence electrons. The summed E-state index contributed by atoms with van der Waals surface area (Å²) in [6.07, 6.45) is 1.13. The maximum absolute atomic E-state index is 12.9. The Balaban J connectivity index is 1.42. The van der Waals surface area contributed by atoms with Crippen LogP contribution >= 0.6 is 11.6 Å². The quantitative estimate of drug-likeness (QED) is 0.205. The van der Waals surface area contributed by atoms with Crippen LogP contribution in [0.25, 0.3) is 0 Å². The number of rotatable bonds is 11. The van der Waals surface area contributed by atoms with Crippen LogP contribution < -0.4 is 19.1 Å². The summed E-state index contributed by atoms with van der Waals surface area (Å²) < 4.78 is 38.7. The Labute approximate surface area is 240 Å². The number of benzene rings is 4. The normalized spacial score (nSPS) is 11.1. The molecule has 9 heteroatoms. The first kappa shape index (κ1) is 29.0. The van der Waals surface area contributed by atoms with Crippen molar-refractivity contribution in [1.29, 1.82) is 0 Å². The van der Waals surface area contributed by atoms with Gasteiger partial charge in [-0.25, -0.2) is 8.42 Å². The molecule has 0 unspecified atom stereocenters. The number of amides is 1. The molecule has 4 rings (SSSR count). The number of nitrogens with zero attached hydrogens (tertiary/aromatic N) is 1. The Morgan fingerprint density at radius 3 is 2.27 bits per heavy atom. The van der Waals surface area contributed by atoms with Crippen LogP contribution in [0.4, 0.5) is 5.69 Å². The summed E-state index contributed by atoms with van der Waals surface area (Å²) in [5, 5.41) is 3.21. The van der Waals surface area contributed by atoms with Gasteiger partial charge in [0.1, 0.15) is 18.1 Å². The predicted molar refractivity (Wildman–Crippen MR) is 159 cm³/mol. The smallest absolute Gasteiger partial charge is 0.251 e. The molecule has 1 N–H and O–H groups in total. The van der Waals surface area contributed by atoms with Gasteiger partial charge in [0.2, 0.25) is 10.0 Å². The highest BCUT2D eigenvalue weighted by molar-refractivity contribution is 7.92. The molecule has 7 nitrogen and oxygen atoms in total. The Bertz CT molecular complexity index is 1580. The van der Waals surface area contributed by atoms with E-state index in [0.717, 1.165) is 17.6 Å². The zero-order valence-electron chi connectivity index (χ0n) is 22.6. The van der Waals surface area contributed by atoms with Gasteiger partial charge in [-0.15, -0.1) is 0 Å². The van der Waals surface area contributed by atoms with E-state index in [9.17, 15) is 13.2 Å². The molecule has 0 heterocycles. The van der Waals surface area contributed by atoms with Crippen molar-refractivity contribution in [3.8, 4) is 17.2 Å². The number of nitrogens with one attached hydrogen (secondary N) is 1. The molecule has 0 aliphatic heterocycles. The Kier molecular flexibility index (Phi) is 9.34. The fourth-order valence-corrected chi connectivity index (χ4v) is 4.98. The van der Waals surface area contributed by atoms with Gasteiger partial charge in [-0.3, -0.25) is 9.10 Å². The van der Waals surface area contributed by atoms with Crippen LogP contribution in [0.5, 0.6) is 17.2 Å². The topological polar surface area (TPSA) is 84.9 Å². The lowest BCUT2D eigenvalue weighted by atomic mass is 10.1. The first-order valence-electron chi connectivity index (χ1n) is 12.7. The lowest BCUT2D eigenvalue weighted by molar-refractivity contribution is 0.0947. The van der Waals surface area contributed by atoms with Gasteiger partial charge in [-0.1, -0.05) is 48.0 Å². The summed E-state index contributed by atoms with van der Waals surface area (Å²) in [7, 11) is -3.72. The van der Waals surface area contributed by atoms with Crippen molar-refractivity contribution in [3.63, 3.8) is 0 Å². The molecule has 1 amide bonds. The Hall–Kier alpha value is -4.01. The lowest BCUT2D eigenvalue weighted by Gasteiger charge is -2.25.